The van der Waals surface area contributed by atoms with Crippen LogP contribution in [0.1, 0.15) is 24.8 Å². The zero-order valence-electron chi connectivity index (χ0n) is 16.1. The molecule has 1 saturated heterocycles. The highest BCUT2D eigenvalue weighted by molar-refractivity contribution is 6.30. The molecular formula is C20H23ClN4O4. The van der Waals surface area contributed by atoms with Crippen molar-refractivity contribution >= 4 is 35.4 Å². The molecule has 2 N–H and O–H groups in total. The standard InChI is InChI=1S/C20H23ClN4O4/c1-22-18-17(19(28)23-9-10-26)25(12-13-5-7-14(21)8-6-13)20(24-18)29-16-4-2-3-15(27)11-16/h5-8,10-11,17,20H,2-4,9,12H2,1H3,(H,22,24)(H,23,28). The van der Waals surface area contributed by atoms with Crippen molar-refractivity contribution in [3.63, 3.8) is 0 Å². The normalized spacial score (nSPS) is 23.4. The Labute approximate surface area is 173 Å². The van der Waals surface area contributed by atoms with Gasteiger partial charge in [-0.05, 0) is 24.1 Å². The summed E-state index contributed by atoms with van der Waals surface area (Å²) in [4.78, 5) is 41.2. The van der Waals surface area contributed by atoms with Gasteiger partial charge in [0.15, 0.2) is 11.8 Å². The summed E-state index contributed by atoms with van der Waals surface area (Å²) in [5, 5.41) is 6.31. The van der Waals surface area contributed by atoms with E-state index in [-0.39, 0.29) is 18.2 Å². The molecule has 8 nitrogen and oxygen atoms in total. The number of benzene rings is 1. The van der Waals surface area contributed by atoms with Crippen molar-refractivity contribution < 1.29 is 19.1 Å². The van der Waals surface area contributed by atoms with Crippen molar-refractivity contribution in [3.8, 4) is 0 Å². The van der Waals surface area contributed by atoms with E-state index < -0.39 is 12.4 Å². The van der Waals surface area contributed by atoms with Crippen LogP contribution in [0.3, 0.4) is 0 Å². The minimum Gasteiger partial charge on any atom is -0.461 e. The van der Waals surface area contributed by atoms with Crippen LogP contribution < -0.4 is 10.6 Å². The molecule has 29 heavy (non-hydrogen) atoms. The molecule has 1 aliphatic heterocycles. The Bertz CT molecular complexity index is 837. The first-order valence-corrected chi connectivity index (χ1v) is 9.74. The van der Waals surface area contributed by atoms with E-state index in [4.69, 9.17) is 16.3 Å². The van der Waals surface area contributed by atoms with Gasteiger partial charge in [0.25, 0.3) is 0 Å². The van der Waals surface area contributed by atoms with Crippen LogP contribution in [-0.2, 0) is 25.7 Å². The lowest BCUT2D eigenvalue weighted by molar-refractivity contribution is -0.129. The summed E-state index contributed by atoms with van der Waals surface area (Å²) in [5.74, 6) is 0.663. The van der Waals surface area contributed by atoms with Gasteiger partial charge in [-0.3, -0.25) is 14.6 Å². The summed E-state index contributed by atoms with van der Waals surface area (Å²) in [7, 11) is 1.58. The number of ether oxygens (including phenoxy) is 1. The Morgan fingerprint density at radius 1 is 1.38 bits per heavy atom. The van der Waals surface area contributed by atoms with Crippen LogP contribution in [0.4, 0.5) is 0 Å². The van der Waals surface area contributed by atoms with E-state index in [1.807, 2.05) is 12.1 Å². The van der Waals surface area contributed by atoms with Gasteiger partial charge in [-0.15, -0.1) is 0 Å². The molecule has 9 heteroatoms. The number of nitrogens with zero attached hydrogens (tertiary/aromatic N) is 2. The summed E-state index contributed by atoms with van der Waals surface area (Å²) in [6, 6.07) is 6.51. The second-order valence-corrected chi connectivity index (χ2v) is 7.20. The molecule has 1 fully saturated rings. The molecule has 0 bridgehead atoms. The number of hydrogen-bond acceptors (Lipinski definition) is 6. The smallest absolute Gasteiger partial charge is 0.245 e. The lowest BCUT2D eigenvalue weighted by Gasteiger charge is -2.29. The summed E-state index contributed by atoms with van der Waals surface area (Å²) in [5.41, 5.74) is 0.920. The van der Waals surface area contributed by atoms with Gasteiger partial charge in [0.2, 0.25) is 12.3 Å². The van der Waals surface area contributed by atoms with Crippen LogP contribution >= 0.6 is 11.6 Å². The van der Waals surface area contributed by atoms with Gasteiger partial charge in [0, 0.05) is 37.5 Å². The predicted octanol–water partition coefficient (Wildman–Crippen LogP) is 1.39. The zero-order chi connectivity index (χ0) is 20.8. The third-order valence-corrected chi connectivity index (χ3v) is 4.97. The van der Waals surface area contributed by atoms with E-state index in [1.165, 1.54) is 6.08 Å². The monoisotopic (exact) mass is 418 g/mol. The summed E-state index contributed by atoms with van der Waals surface area (Å²) in [6.07, 6.45) is 3.34. The molecule has 1 heterocycles. The van der Waals surface area contributed by atoms with Crippen LogP contribution in [0, 0.1) is 0 Å². The second-order valence-electron chi connectivity index (χ2n) is 6.77. The zero-order valence-corrected chi connectivity index (χ0v) is 16.8. The van der Waals surface area contributed by atoms with Crippen molar-refractivity contribution in [2.45, 2.75) is 38.2 Å². The number of carbonyl (C=O) groups excluding carboxylic acids is 3. The number of hydrogen-bond donors (Lipinski definition) is 2. The Morgan fingerprint density at radius 3 is 2.79 bits per heavy atom. The molecule has 1 aliphatic carbocycles. The molecule has 154 valence electrons. The van der Waals surface area contributed by atoms with Crippen molar-refractivity contribution in [1.82, 2.24) is 15.5 Å². The number of nitrogens with one attached hydrogen (secondary N) is 2. The summed E-state index contributed by atoms with van der Waals surface area (Å²) in [6.45, 7) is 0.278. The fraction of sp³-hybridized carbons (Fsp3) is 0.400. The number of ketones is 1. The Morgan fingerprint density at radius 2 is 2.14 bits per heavy atom. The third-order valence-electron chi connectivity index (χ3n) is 4.72. The molecule has 1 aromatic rings. The largest absolute Gasteiger partial charge is 0.461 e. The van der Waals surface area contributed by atoms with Crippen LogP contribution in [0.25, 0.3) is 0 Å². The van der Waals surface area contributed by atoms with Crippen LogP contribution in [0.5, 0.6) is 0 Å². The lowest BCUT2D eigenvalue weighted by Crippen LogP contribution is -2.49. The number of amides is 1. The topological polar surface area (TPSA) is 100 Å². The minimum absolute atomic E-state index is 0.0261. The average molecular weight is 419 g/mol. The summed E-state index contributed by atoms with van der Waals surface area (Å²) < 4.78 is 6.05. The highest BCUT2D eigenvalue weighted by Crippen LogP contribution is 2.25. The van der Waals surface area contributed by atoms with Gasteiger partial charge in [0.05, 0.1) is 6.54 Å². The third kappa shape index (κ3) is 5.21. The molecule has 0 aromatic heterocycles. The molecule has 1 aromatic carbocycles. The van der Waals surface area contributed by atoms with E-state index in [2.05, 4.69) is 15.6 Å². The van der Waals surface area contributed by atoms with Crippen LogP contribution in [0.15, 0.2) is 41.1 Å². The molecule has 2 atom stereocenters. The molecular weight excluding hydrogens is 396 g/mol. The number of carbonyl (C=O) groups is 3. The van der Waals surface area contributed by atoms with Crippen molar-refractivity contribution in [2.24, 2.45) is 4.99 Å². The van der Waals surface area contributed by atoms with Gasteiger partial charge in [-0.1, -0.05) is 23.7 Å². The number of aliphatic imine (C=N–C) groups is 1. The molecule has 1 amide bonds. The number of aldehydes is 1. The number of allylic oxidation sites excluding steroid dienone is 2. The Balaban J connectivity index is 1.87. The lowest BCUT2D eigenvalue weighted by atomic mass is 10.1. The van der Waals surface area contributed by atoms with Crippen molar-refractivity contribution in [2.75, 3.05) is 13.6 Å². The molecule has 2 unspecified atom stereocenters. The van der Waals surface area contributed by atoms with Crippen LogP contribution in [0.2, 0.25) is 5.02 Å². The number of rotatable bonds is 7. The van der Waals surface area contributed by atoms with E-state index in [0.29, 0.717) is 42.3 Å². The van der Waals surface area contributed by atoms with Gasteiger partial charge in [-0.25, -0.2) is 4.90 Å². The number of amidine groups is 1. The second kappa shape index (κ2) is 9.67. The SMILES string of the molecule is CN=C1NC(OC2=CC(=O)CCC2)N(Cc2ccc(Cl)cc2)C1C(=O)NCC=O. The fourth-order valence-corrected chi connectivity index (χ4v) is 3.48. The maximum atomic E-state index is 12.7. The van der Waals surface area contributed by atoms with Gasteiger partial charge >= 0.3 is 0 Å². The molecule has 0 saturated carbocycles. The predicted molar refractivity (Wildman–Crippen MR) is 108 cm³/mol. The first kappa shape index (κ1) is 21.0. The molecule has 0 spiro atoms. The first-order chi connectivity index (χ1) is 14.0. The molecule has 2 aliphatic rings. The van der Waals surface area contributed by atoms with Gasteiger partial charge < -0.3 is 20.2 Å². The van der Waals surface area contributed by atoms with Gasteiger partial charge in [0.1, 0.15) is 17.9 Å². The average Bonchev–Trinajstić information content (AvgIpc) is 3.05. The first-order valence-electron chi connectivity index (χ1n) is 9.36. The van der Waals surface area contributed by atoms with E-state index >= 15 is 0 Å². The molecule has 3 rings (SSSR count). The highest BCUT2D eigenvalue weighted by atomic mass is 35.5. The Hall–Kier alpha value is -2.71. The van der Waals surface area contributed by atoms with Crippen LogP contribution in [-0.4, -0.2) is 54.7 Å². The maximum absolute atomic E-state index is 12.7. The molecule has 0 radical (unpaired) electrons. The van der Waals surface area contributed by atoms with E-state index in [1.54, 1.807) is 24.1 Å². The van der Waals surface area contributed by atoms with E-state index in [0.717, 1.165) is 12.0 Å². The quantitative estimate of drug-likeness (QED) is 0.649. The minimum atomic E-state index is -0.763. The van der Waals surface area contributed by atoms with Crippen molar-refractivity contribution in [3.05, 3.63) is 46.7 Å². The van der Waals surface area contributed by atoms with Gasteiger partial charge in [-0.2, -0.15) is 0 Å². The van der Waals surface area contributed by atoms with Crippen molar-refractivity contribution in [1.29, 1.82) is 0 Å². The van der Waals surface area contributed by atoms with E-state index in [9.17, 15) is 14.4 Å². The number of halogens is 1. The fourth-order valence-electron chi connectivity index (χ4n) is 3.35. The Kier molecular flexibility index (Phi) is 7.00. The maximum Gasteiger partial charge on any atom is 0.245 e. The summed E-state index contributed by atoms with van der Waals surface area (Å²) >= 11 is 5.98. The highest BCUT2D eigenvalue weighted by Gasteiger charge is 2.44.